The Bertz CT molecular complexity index is 707. The fourth-order valence-corrected chi connectivity index (χ4v) is 2.22. The van der Waals surface area contributed by atoms with E-state index in [2.05, 4.69) is 0 Å². The van der Waals surface area contributed by atoms with Gasteiger partial charge in [0.05, 0.1) is 10.6 Å². The lowest BCUT2D eigenvalue weighted by atomic mass is 9.97. The minimum absolute atomic E-state index is 0.0943. The standard InChI is InChI=1S/C15H9ClF4O/c1-8(21)10-6-5-9(7-12(10)15(18,19)20)11-3-2-4-13(17)14(11)16/h2-7H,1H3. The molecule has 6 heteroatoms. The highest BCUT2D eigenvalue weighted by molar-refractivity contribution is 6.33. The van der Waals surface area contributed by atoms with E-state index in [1.165, 1.54) is 18.2 Å². The van der Waals surface area contributed by atoms with Crippen LogP contribution in [0.2, 0.25) is 5.02 Å². The van der Waals surface area contributed by atoms with Gasteiger partial charge in [-0.15, -0.1) is 0 Å². The van der Waals surface area contributed by atoms with Crippen molar-refractivity contribution in [3.8, 4) is 11.1 Å². The van der Waals surface area contributed by atoms with Gasteiger partial charge in [-0.05, 0) is 24.6 Å². The molecular formula is C15H9ClF4O. The summed E-state index contributed by atoms with van der Waals surface area (Å²) in [7, 11) is 0. The molecule has 0 bridgehead atoms. The Morgan fingerprint density at radius 2 is 1.81 bits per heavy atom. The van der Waals surface area contributed by atoms with Gasteiger partial charge in [0.25, 0.3) is 0 Å². The molecule has 0 saturated carbocycles. The molecule has 0 aliphatic rings. The highest BCUT2D eigenvalue weighted by atomic mass is 35.5. The van der Waals surface area contributed by atoms with Crippen LogP contribution in [0, 0.1) is 5.82 Å². The molecule has 110 valence electrons. The maximum atomic E-state index is 13.4. The monoisotopic (exact) mass is 316 g/mol. The number of benzene rings is 2. The number of alkyl halides is 3. The lowest BCUT2D eigenvalue weighted by Crippen LogP contribution is -2.11. The van der Waals surface area contributed by atoms with Gasteiger partial charge in [-0.2, -0.15) is 13.2 Å². The second-order valence-electron chi connectivity index (χ2n) is 4.42. The van der Waals surface area contributed by atoms with Crippen molar-refractivity contribution in [1.29, 1.82) is 0 Å². The first-order valence-electron chi connectivity index (χ1n) is 5.88. The molecule has 0 radical (unpaired) electrons. The number of carbonyl (C=O) groups is 1. The van der Waals surface area contributed by atoms with Crippen molar-refractivity contribution in [3.05, 3.63) is 58.4 Å². The molecule has 0 heterocycles. The average molecular weight is 317 g/mol. The van der Waals surface area contributed by atoms with E-state index >= 15 is 0 Å². The van der Waals surface area contributed by atoms with Crippen LogP contribution in [0.1, 0.15) is 22.8 Å². The molecule has 2 aromatic rings. The van der Waals surface area contributed by atoms with Crippen LogP contribution in [0.5, 0.6) is 0 Å². The smallest absolute Gasteiger partial charge is 0.294 e. The summed E-state index contributed by atoms with van der Waals surface area (Å²) >= 11 is 5.77. The molecule has 0 aliphatic heterocycles. The molecule has 21 heavy (non-hydrogen) atoms. The Morgan fingerprint density at radius 3 is 2.38 bits per heavy atom. The predicted octanol–water partition coefficient (Wildman–Crippen LogP) is 5.37. The van der Waals surface area contributed by atoms with Crippen molar-refractivity contribution in [2.45, 2.75) is 13.1 Å². The predicted molar refractivity (Wildman–Crippen MR) is 71.9 cm³/mol. The Morgan fingerprint density at radius 1 is 1.14 bits per heavy atom. The molecular weight excluding hydrogens is 308 g/mol. The van der Waals surface area contributed by atoms with Crippen molar-refractivity contribution < 1.29 is 22.4 Å². The van der Waals surface area contributed by atoms with Crippen molar-refractivity contribution in [3.63, 3.8) is 0 Å². The van der Waals surface area contributed by atoms with Gasteiger partial charge in [-0.1, -0.05) is 35.9 Å². The number of Topliss-reactive ketones (excluding diaryl/α,β-unsaturated/α-hetero) is 1. The lowest BCUT2D eigenvalue weighted by molar-refractivity contribution is -0.137. The van der Waals surface area contributed by atoms with Gasteiger partial charge in [0, 0.05) is 11.1 Å². The van der Waals surface area contributed by atoms with E-state index in [0.29, 0.717) is 0 Å². The van der Waals surface area contributed by atoms with E-state index in [1.807, 2.05) is 0 Å². The SMILES string of the molecule is CC(=O)c1ccc(-c2cccc(F)c2Cl)cc1C(F)(F)F. The molecule has 2 rings (SSSR count). The van der Waals surface area contributed by atoms with E-state index in [9.17, 15) is 22.4 Å². The third kappa shape index (κ3) is 3.08. The number of carbonyl (C=O) groups excluding carboxylic acids is 1. The van der Waals surface area contributed by atoms with Gasteiger partial charge >= 0.3 is 6.18 Å². The quantitative estimate of drug-likeness (QED) is 0.538. The number of rotatable bonds is 2. The minimum atomic E-state index is -4.68. The molecule has 0 unspecified atom stereocenters. The van der Waals surface area contributed by atoms with Crippen molar-refractivity contribution >= 4 is 17.4 Å². The van der Waals surface area contributed by atoms with E-state index in [4.69, 9.17) is 11.6 Å². The van der Waals surface area contributed by atoms with Crippen LogP contribution in [-0.4, -0.2) is 5.78 Å². The minimum Gasteiger partial charge on any atom is -0.294 e. The highest BCUT2D eigenvalue weighted by Gasteiger charge is 2.34. The van der Waals surface area contributed by atoms with Crippen LogP contribution in [0.25, 0.3) is 11.1 Å². The molecule has 2 aromatic carbocycles. The third-order valence-electron chi connectivity index (χ3n) is 2.97. The molecule has 0 aliphatic carbocycles. The highest BCUT2D eigenvalue weighted by Crippen LogP contribution is 2.37. The Hall–Kier alpha value is -1.88. The summed E-state index contributed by atoms with van der Waals surface area (Å²) in [5, 5.41) is -0.263. The molecule has 0 fully saturated rings. The zero-order valence-electron chi connectivity index (χ0n) is 10.8. The van der Waals surface area contributed by atoms with Crippen molar-refractivity contribution in [1.82, 2.24) is 0 Å². The maximum absolute atomic E-state index is 13.4. The van der Waals surface area contributed by atoms with Crippen LogP contribution >= 0.6 is 11.6 Å². The van der Waals surface area contributed by atoms with Gasteiger partial charge in [0.1, 0.15) is 5.82 Å². The second kappa shape index (κ2) is 5.48. The number of halogens is 5. The molecule has 0 aromatic heterocycles. The summed E-state index contributed by atoms with van der Waals surface area (Å²) in [4.78, 5) is 11.3. The average Bonchev–Trinajstić information content (AvgIpc) is 2.40. The fourth-order valence-electron chi connectivity index (χ4n) is 1.98. The summed E-state index contributed by atoms with van der Waals surface area (Å²) < 4.78 is 52.5. The normalized spacial score (nSPS) is 11.5. The summed E-state index contributed by atoms with van der Waals surface area (Å²) in [5.74, 6) is -1.42. The lowest BCUT2D eigenvalue weighted by Gasteiger charge is -2.13. The van der Waals surface area contributed by atoms with Crippen LogP contribution in [0.4, 0.5) is 17.6 Å². The van der Waals surface area contributed by atoms with Gasteiger partial charge in [0.2, 0.25) is 0 Å². The summed E-state index contributed by atoms with van der Waals surface area (Å²) in [6.07, 6.45) is -4.68. The molecule has 1 nitrogen and oxygen atoms in total. The Kier molecular flexibility index (Phi) is 4.05. The third-order valence-corrected chi connectivity index (χ3v) is 3.35. The summed E-state index contributed by atoms with van der Waals surface area (Å²) in [6.45, 7) is 1.05. The summed E-state index contributed by atoms with van der Waals surface area (Å²) in [6, 6.07) is 7.06. The van der Waals surface area contributed by atoms with E-state index < -0.39 is 28.9 Å². The molecule has 0 saturated heterocycles. The zero-order valence-corrected chi connectivity index (χ0v) is 11.5. The topological polar surface area (TPSA) is 17.1 Å². The zero-order chi connectivity index (χ0) is 15.8. The van der Waals surface area contributed by atoms with E-state index in [1.54, 1.807) is 0 Å². The van der Waals surface area contributed by atoms with Crippen LogP contribution in [-0.2, 0) is 6.18 Å². The number of hydrogen-bond donors (Lipinski definition) is 0. The Balaban J connectivity index is 2.68. The van der Waals surface area contributed by atoms with Crippen molar-refractivity contribution in [2.75, 3.05) is 0 Å². The van der Waals surface area contributed by atoms with Crippen LogP contribution in [0.3, 0.4) is 0 Å². The van der Waals surface area contributed by atoms with E-state index in [0.717, 1.165) is 25.1 Å². The first kappa shape index (κ1) is 15.5. The van der Waals surface area contributed by atoms with Gasteiger partial charge < -0.3 is 0 Å². The van der Waals surface area contributed by atoms with Gasteiger partial charge in [-0.3, -0.25) is 4.79 Å². The molecule has 0 amide bonds. The van der Waals surface area contributed by atoms with Gasteiger partial charge in [-0.25, -0.2) is 4.39 Å². The Labute approximate surface area is 123 Å². The molecule has 0 atom stereocenters. The second-order valence-corrected chi connectivity index (χ2v) is 4.79. The number of hydrogen-bond acceptors (Lipinski definition) is 1. The summed E-state index contributed by atoms with van der Waals surface area (Å²) in [5.41, 5.74) is -1.26. The van der Waals surface area contributed by atoms with Crippen LogP contribution in [0.15, 0.2) is 36.4 Å². The van der Waals surface area contributed by atoms with Gasteiger partial charge in [0.15, 0.2) is 5.78 Å². The van der Waals surface area contributed by atoms with E-state index in [-0.39, 0.29) is 16.1 Å². The number of ketones is 1. The maximum Gasteiger partial charge on any atom is 0.417 e. The van der Waals surface area contributed by atoms with Crippen molar-refractivity contribution in [2.24, 2.45) is 0 Å². The largest absolute Gasteiger partial charge is 0.417 e. The first-order valence-corrected chi connectivity index (χ1v) is 6.26. The first-order chi connectivity index (χ1) is 9.71. The molecule has 0 N–H and O–H groups in total. The molecule has 0 spiro atoms. The van der Waals surface area contributed by atoms with Crippen LogP contribution < -0.4 is 0 Å². The fraction of sp³-hybridized carbons (Fsp3) is 0.133.